The molecular weight excluding hydrogens is 531 g/mol. The van der Waals surface area contributed by atoms with Crippen molar-refractivity contribution in [2.75, 3.05) is 51.7 Å². The third kappa shape index (κ3) is 8.82. The normalized spacial score (nSPS) is 11.0. The molecule has 2 rings (SSSR count). The summed E-state index contributed by atoms with van der Waals surface area (Å²) < 4.78 is 1.93. The highest BCUT2D eigenvalue weighted by Crippen LogP contribution is 2.10. The molecule has 0 aliphatic rings. The molecule has 1 aromatic heterocycles. The number of anilines is 1. The van der Waals surface area contributed by atoms with Crippen molar-refractivity contribution >= 4 is 41.5 Å². The standard InChI is InChI=1S/C23H38N8O.HI/c1-7-31(8-2)22(32)18-29(5)23(25-17-21-27-26-19(3)30(21)6)24-15-12-16-28(4)20-13-10-9-11-14-20;/h9-11,13-14H,7-8,12,15-18H2,1-6H3,(H,24,25);1H. The third-order valence-electron chi connectivity index (χ3n) is 5.55. The monoisotopic (exact) mass is 570 g/mol. The number of rotatable bonds is 11. The molecule has 0 saturated heterocycles. The Morgan fingerprint density at radius 3 is 2.36 bits per heavy atom. The van der Waals surface area contributed by atoms with Crippen molar-refractivity contribution in [2.45, 2.75) is 33.7 Å². The number of hydrogen-bond acceptors (Lipinski definition) is 5. The van der Waals surface area contributed by atoms with Gasteiger partial charge in [-0.3, -0.25) is 4.79 Å². The number of amides is 1. The SMILES string of the molecule is CCN(CC)C(=O)CN(C)C(=NCc1nnc(C)n1C)NCCCN(C)c1ccccc1.I. The van der Waals surface area contributed by atoms with Crippen molar-refractivity contribution in [1.82, 2.24) is 29.9 Å². The van der Waals surface area contributed by atoms with Gasteiger partial charge >= 0.3 is 0 Å². The lowest BCUT2D eigenvalue weighted by Gasteiger charge is -2.26. The number of carbonyl (C=O) groups is 1. The van der Waals surface area contributed by atoms with E-state index in [1.165, 1.54) is 5.69 Å². The molecule has 1 N–H and O–H groups in total. The fourth-order valence-corrected chi connectivity index (χ4v) is 3.33. The number of benzene rings is 1. The molecule has 2 aromatic rings. The van der Waals surface area contributed by atoms with Gasteiger partial charge in [-0.2, -0.15) is 0 Å². The van der Waals surface area contributed by atoms with Gasteiger partial charge in [-0.05, 0) is 39.3 Å². The minimum atomic E-state index is 0. The first kappa shape index (κ1) is 28.7. The maximum atomic E-state index is 12.6. The molecule has 1 amide bonds. The van der Waals surface area contributed by atoms with Gasteiger partial charge in [-0.15, -0.1) is 34.2 Å². The zero-order valence-electron chi connectivity index (χ0n) is 20.8. The molecule has 0 radical (unpaired) electrons. The second-order valence-electron chi connectivity index (χ2n) is 7.82. The first-order chi connectivity index (χ1) is 15.4. The Balaban J connectivity index is 0.00000544. The van der Waals surface area contributed by atoms with Crippen LogP contribution in [0.5, 0.6) is 0 Å². The van der Waals surface area contributed by atoms with Gasteiger partial charge in [0.25, 0.3) is 0 Å². The number of nitrogens with one attached hydrogen (secondary N) is 1. The molecule has 0 unspecified atom stereocenters. The molecule has 0 aliphatic carbocycles. The van der Waals surface area contributed by atoms with Crippen LogP contribution in [-0.2, 0) is 18.4 Å². The summed E-state index contributed by atoms with van der Waals surface area (Å²) in [5.74, 6) is 2.41. The summed E-state index contributed by atoms with van der Waals surface area (Å²) in [5, 5.41) is 11.7. The van der Waals surface area contributed by atoms with E-state index in [1.807, 2.05) is 67.4 Å². The van der Waals surface area contributed by atoms with Crippen LogP contribution in [0.1, 0.15) is 31.9 Å². The number of halogens is 1. The molecule has 1 heterocycles. The van der Waals surface area contributed by atoms with Gasteiger partial charge in [0, 0.05) is 53.0 Å². The molecule has 0 aliphatic heterocycles. The van der Waals surface area contributed by atoms with Crippen LogP contribution in [0.15, 0.2) is 35.3 Å². The summed E-state index contributed by atoms with van der Waals surface area (Å²) in [6.45, 7) is 9.63. The predicted molar refractivity (Wildman–Crippen MR) is 145 cm³/mol. The summed E-state index contributed by atoms with van der Waals surface area (Å²) in [5.41, 5.74) is 1.20. The van der Waals surface area contributed by atoms with Crippen LogP contribution in [0.25, 0.3) is 0 Å². The average molecular weight is 571 g/mol. The van der Waals surface area contributed by atoms with Crippen molar-refractivity contribution in [3.05, 3.63) is 42.0 Å². The van der Waals surface area contributed by atoms with Gasteiger partial charge in [-0.25, -0.2) is 4.99 Å². The lowest BCUT2D eigenvalue weighted by molar-refractivity contribution is -0.131. The van der Waals surface area contributed by atoms with Crippen LogP contribution in [0.4, 0.5) is 5.69 Å². The van der Waals surface area contributed by atoms with Gasteiger partial charge in [0.2, 0.25) is 5.91 Å². The van der Waals surface area contributed by atoms with Crippen molar-refractivity contribution in [3.63, 3.8) is 0 Å². The number of aliphatic imine (C=N–C) groups is 1. The summed E-state index contributed by atoms with van der Waals surface area (Å²) in [4.78, 5) is 23.3. The van der Waals surface area contributed by atoms with Crippen LogP contribution in [0.2, 0.25) is 0 Å². The molecule has 184 valence electrons. The Morgan fingerprint density at radius 1 is 1.12 bits per heavy atom. The van der Waals surface area contributed by atoms with E-state index >= 15 is 0 Å². The van der Waals surface area contributed by atoms with Crippen LogP contribution in [-0.4, -0.2) is 83.3 Å². The molecule has 10 heteroatoms. The second-order valence-corrected chi connectivity index (χ2v) is 7.82. The Hall–Kier alpha value is -2.37. The van der Waals surface area contributed by atoms with E-state index < -0.39 is 0 Å². The number of aryl methyl sites for hydroxylation is 1. The van der Waals surface area contributed by atoms with Gasteiger partial charge in [0.05, 0.1) is 6.54 Å². The van der Waals surface area contributed by atoms with Crippen LogP contribution in [0.3, 0.4) is 0 Å². The maximum absolute atomic E-state index is 12.6. The largest absolute Gasteiger partial charge is 0.375 e. The third-order valence-corrected chi connectivity index (χ3v) is 5.55. The topological polar surface area (TPSA) is 81.9 Å². The highest BCUT2D eigenvalue weighted by molar-refractivity contribution is 14.0. The van der Waals surface area contributed by atoms with Crippen molar-refractivity contribution in [3.8, 4) is 0 Å². The van der Waals surface area contributed by atoms with Crippen LogP contribution < -0.4 is 10.2 Å². The maximum Gasteiger partial charge on any atom is 0.242 e. The Kier molecular flexibility index (Phi) is 12.8. The smallest absolute Gasteiger partial charge is 0.242 e. The van der Waals surface area contributed by atoms with Gasteiger partial charge < -0.3 is 24.6 Å². The summed E-state index contributed by atoms with van der Waals surface area (Å²) >= 11 is 0. The van der Waals surface area contributed by atoms with E-state index in [0.717, 1.165) is 31.2 Å². The first-order valence-corrected chi connectivity index (χ1v) is 11.3. The summed E-state index contributed by atoms with van der Waals surface area (Å²) in [7, 11) is 5.92. The van der Waals surface area contributed by atoms with Crippen molar-refractivity contribution in [2.24, 2.45) is 12.0 Å². The fraction of sp³-hybridized carbons (Fsp3) is 0.565. The van der Waals surface area contributed by atoms with Gasteiger partial charge in [-0.1, -0.05) is 18.2 Å². The minimum Gasteiger partial charge on any atom is -0.375 e. The molecular formula is C23H39IN8O. The molecule has 0 bridgehead atoms. The number of para-hydroxylation sites is 1. The molecule has 0 spiro atoms. The number of nitrogens with zero attached hydrogens (tertiary/aromatic N) is 7. The van der Waals surface area contributed by atoms with E-state index in [1.54, 1.807) is 0 Å². The number of carbonyl (C=O) groups excluding carboxylic acids is 1. The molecule has 0 saturated carbocycles. The Bertz CT molecular complexity index is 867. The van der Waals surface area contributed by atoms with Gasteiger partial charge in [0.15, 0.2) is 11.8 Å². The molecule has 0 atom stereocenters. The number of aromatic nitrogens is 3. The lowest BCUT2D eigenvalue weighted by Crippen LogP contribution is -2.46. The molecule has 1 aromatic carbocycles. The molecule has 0 fully saturated rings. The summed E-state index contributed by atoms with van der Waals surface area (Å²) in [6.07, 6.45) is 0.936. The Morgan fingerprint density at radius 2 is 1.79 bits per heavy atom. The minimum absolute atomic E-state index is 0. The zero-order valence-corrected chi connectivity index (χ0v) is 23.1. The van der Waals surface area contributed by atoms with E-state index in [2.05, 4.69) is 39.6 Å². The summed E-state index contributed by atoms with van der Waals surface area (Å²) in [6, 6.07) is 10.3. The predicted octanol–water partition coefficient (Wildman–Crippen LogP) is 2.51. The van der Waals surface area contributed by atoms with E-state index in [-0.39, 0.29) is 36.4 Å². The van der Waals surface area contributed by atoms with Crippen molar-refractivity contribution < 1.29 is 4.79 Å². The highest BCUT2D eigenvalue weighted by atomic mass is 127. The zero-order chi connectivity index (χ0) is 23.5. The van der Waals surface area contributed by atoms with E-state index in [0.29, 0.717) is 25.6 Å². The van der Waals surface area contributed by atoms with Crippen LogP contribution >= 0.6 is 24.0 Å². The molecule has 9 nitrogen and oxygen atoms in total. The van der Waals surface area contributed by atoms with Crippen molar-refractivity contribution in [1.29, 1.82) is 0 Å². The quantitative estimate of drug-likeness (QED) is 0.194. The number of hydrogen-bond donors (Lipinski definition) is 1. The Labute approximate surface area is 215 Å². The lowest BCUT2D eigenvalue weighted by atomic mass is 10.3. The van der Waals surface area contributed by atoms with E-state index in [4.69, 9.17) is 4.99 Å². The first-order valence-electron chi connectivity index (χ1n) is 11.3. The number of guanidine groups is 1. The van der Waals surface area contributed by atoms with Crippen LogP contribution in [0, 0.1) is 6.92 Å². The van der Waals surface area contributed by atoms with Gasteiger partial charge in [0.1, 0.15) is 12.4 Å². The second kappa shape index (κ2) is 14.7. The average Bonchev–Trinajstić information content (AvgIpc) is 3.11. The number of likely N-dealkylation sites (N-methyl/N-ethyl adjacent to an activating group) is 2. The highest BCUT2D eigenvalue weighted by Gasteiger charge is 2.16. The molecule has 33 heavy (non-hydrogen) atoms. The van der Waals surface area contributed by atoms with E-state index in [9.17, 15) is 4.79 Å². The fourth-order valence-electron chi connectivity index (χ4n) is 3.33.